The summed E-state index contributed by atoms with van der Waals surface area (Å²) in [7, 11) is 5.68. The number of quaternary nitrogens is 1. The average Bonchev–Trinajstić information content (AvgIpc) is 2.99. The minimum Gasteiger partial charge on any atom is -0.497 e. The van der Waals surface area contributed by atoms with Crippen LogP contribution in [0.15, 0.2) is 57.7 Å². The van der Waals surface area contributed by atoms with E-state index in [1.807, 2.05) is 38.4 Å². The van der Waals surface area contributed by atoms with Crippen LogP contribution in [0.2, 0.25) is 0 Å². The molecule has 6 heteroatoms. The monoisotopic (exact) mass is 379 g/mol. The van der Waals surface area contributed by atoms with E-state index in [1.54, 1.807) is 36.3 Å². The van der Waals surface area contributed by atoms with Crippen molar-refractivity contribution in [3.8, 4) is 5.75 Å². The molecule has 1 N–H and O–H groups in total. The van der Waals surface area contributed by atoms with E-state index in [1.165, 1.54) is 4.90 Å². The van der Waals surface area contributed by atoms with Gasteiger partial charge in [-0.1, -0.05) is 24.3 Å². The average molecular weight is 379 g/mol. The lowest BCUT2D eigenvalue weighted by Crippen LogP contribution is -3.06. The van der Waals surface area contributed by atoms with Gasteiger partial charge in [-0.15, -0.1) is 0 Å². The van der Waals surface area contributed by atoms with Gasteiger partial charge >= 0.3 is 0 Å². The van der Waals surface area contributed by atoms with Gasteiger partial charge in [-0.25, -0.2) is 0 Å². The number of ether oxygens (including phenoxy) is 1. The van der Waals surface area contributed by atoms with Crippen LogP contribution < -0.4 is 15.1 Å². The minimum atomic E-state index is -0.464. The summed E-state index contributed by atoms with van der Waals surface area (Å²) in [6.07, 6.45) is 0. The Balaban J connectivity index is 1.90. The number of hydrogen-bond acceptors (Lipinski definition) is 4. The molecule has 0 saturated heterocycles. The third-order valence-corrected chi connectivity index (χ3v) is 5.16. The van der Waals surface area contributed by atoms with Crippen molar-refractivity contribution in [2.75, 3.05) is 34.3 Å². The zero-order valence-corrected chi connectivity index (χ0v) is 16.2. The van der Waals surface area contributed by atoms with E-state index in [0.29, 0.717) is 23.1 Å². The van der Waals surface area contributed by atoms with Crippen molar-refractivity contribution in [1.82, 2.24) is 4.90 Å². The molecule has 2 heterocycles. The number of para-hydroxylation sites is 1. The van der Waals surface area contributed by atoms with Gasteiger partial charge in [0.15, 0.2) is 5.43 Å². The lowest BCUT2D eigenvalue weighted by molar-refractivity contribution is -0.857. The number of benzene rings is 2. The van der Waals surface area contributed by atoms with Crippen molar-refractivity contribution in [2.45, 2.75) is 6.04 Å². The first-order valence-electron chi connectivity index (χ1n) is 9.31. The number of amides is 1. The van der Waals surface area contributed by atoms with E-state index < -0.39 is 6.04 Å². The molecule has 2 aromatic carbocycles. The van der Waals surface area contributed by atoms with Crippen LogP contribution in [0.1, 0.15) is 27.7 Å². The highest BCUT2D eigenvalue weighted by atomic mass is 16.5. The molecule has 0 spiro atoms. The van der Waals surface area contributed by atoms with Gasteiger partial charge in [0, 0.05) is 0 Å². The molecule has 3 aromatic rings. The highest BCUT2D eigenvalue weighted by Gasteiger charge is 2.42. The lowest BCUT2D eigenvalue weighted by atomic mass is 9.98. The van der Waals surface area contributed by atoms with Crippen molar-refractivity contribution < 1.29 is 18.8 Å². The molecule has 1 aliphatic rings. The Morgan fingerprint density at radius 1 is 1.07 bits per heavy atom. The number of nitrogens with one attached hydrogen (secondary N) is 1. The molecule has 1 aliphatic heterocycles. The summed E-state index contributed by atoms with van der Waals surface area (Å²) in [4.78, 5) is 29.4. The fourth-order valence-corrected chi connectivity index (χ4v) is 3.67. The number of hydrogen-bond donors (Lipinski definition) is 1. The van der Waals surface area contributed by atoms with Gasteiger partial charge in [-0.3, -0.25) is 9.59 Å². The summed E-state index contributed by atoms with van der Waals surface area (Å²) in [5.41, 5.74) is 1.57. The summed E-state index contributed by atoms with van der Waals surface area (Å²) >= 11 is 0. The van der Waals surface area contributed by atoms with Crippen LogP contribution in [0.25, 0.3) is 11.0 Å². The molecule has 0 fully saturated rings. The molecule has 144 valence electrons. The van der Waals surface area contributed by atoms with Crippen LogP contribution >= 0.6 is 0 Å². The van der Waals surface area contributed by atoms with Crippen LogP contribution in [0.5, 0.6) is 5.75 Å². The Bertz CT molecular complexity index is 1090. The second-order valence-corrected chi connectivity index (χ2v) is 7.30. The molecule has 1 amide bonds. The Morgan fingerprint density at radius 3 is 2.46 bits per heavy atom. The number of rotatable bonds is 5. The van der Waals surface area contributed by atoms with Crippen LogP contribution in [0.4, 0.5) is 0 Å². The maximum atomic E-state index is 13.3. The summed E-state index contributed by atoms with van der Waals surface area (Å²) in [6.45, 7) is 1.29. The molecular formula is C22H23N2O4+. The van der Waals surface area contributed by atoms with Crippen molar-refractivity contribution >= 4 is 16.9 Å². The summed E-state index contributed by atoms with van der Waals surface area (Å²) < 4.78 is 11.2. The minimum absolute atomic E-state index is 0.147. The maximum absolute atomic E-state index is 13.3. The fraction of sp³-hybridized carbons (Fsp3) is 0.273. The first-order valence-corrected chi connectivity index (χ1v) is 9.31. The van der Waals surface area contributed by atoms with Gasteiger partial charge in [0.05, 0.1) is 51.3 Å². The molecule has 0 radical (unpaired) electrons. The standard InChI is InChI=1S/C22H22N2O4/c1-23(2)12-13-24-19(14-8-10-15(27-3)11-9-14)18-20(25)16-6-4-5-7-17(16)28-21(18)22(24)26/h4-11,19H,12-13H2,1-3H3/p+1/t19-/m0/s1. The van der Waals surface area contributed by atoms with Crippen molar-refractivity contribution in [3.05, 3.63) is 75.6 Å². The van der Waals surface area contributed by atoms with Gasteiger partial charge in [0.2, 0.25) is 5.76 Å². The first-order chi connectivity index (χ1) is 13.5. The van der Waals surface area contributed by atoms with Crippen LogP contribution in [0, 0.1) is 0 Å². The van der Waals surface area contributed by atoms with Gasteiger partial charge in [-0.2, -0.15) is 0 Å². The largest absolute Gasteiger partial charge is 0.497 e. The number of carbonyl (C=O) groups excluding carboxylic acids is 1. The molecule has 28 heavy (non-hydrogen) atoms. The maximum Gasteiger partial charge on any atom is 0.291 e. The molecule has 4 rings (SSSR count). The van der Waals surface area contributed by atoms with E-state index >= 15 is 0 Å². The number of carbonyl (C=O) groups is 1. The highest BCUT2D eigenvalue weighted by molar-refractivity contribution is 5.99. The third kappa shape index (κ3) is 2.96. The molecule has 0 bridgehead atoms. The van der Waals surface area contributed by atoms with Crippen molar-refractivity contribution in [1.29, 1.82) is 0 Å². The van der Waals surface area contributed by atoms with E-state index in [2.05, 4.69) is 0 Å². The summed E-state index contributed by atoms with van der Waals surface area (Å²) in [5.74, 6) is 0.640. The number of fused-ring (bicyclic) bond motifs is 2. The lowest BCUT2D eigenvalue weighted by Gasteiger charge is -2.25. The molecule has 1 aromatic heterocycles. The molecular weight excluding hydrogens is 356 g/mol. The second-order valence-electron chi connectivity index (χ2n) is 7.30. The van der Waals surface area contributed by atoms with Gasteiger partial charge in [0.25, 0.3) is 5.91 Å². The van der Waals surface area contributed by atoms with Gasteiger partial charge < -0.3 is 19.0 Å². The predicted octanol–water partition coefficient (Wildman–Crippen LogP) is 1.49. The Hall–Kier alpha value is -3.12. The SMILES string of the molecule is COc1ccc([C@H]2c3c(oc4ccccc4c3=O)C(=O)N2CC[NH+](C)C)cc1. The number of methoxy groups -OCH3 is 1. The molecule has 0 aliphatic carbocycles. The first kappa shape index (κ1) is 18.3. The zero-order chi connectivity index (χ0) is 19.8. The molecule has 6 nitrogen and oxygen atoms in total. The second kappa shape index (κ2) is 7.13. The van der Waals surface area contributed by atoms with Crippen molar-refractivity contribution in [3.63, 3.8) is 0 Å². The fourth-order valence-electron chi connectivity index (χ4n) is 3.67. The Morgan fingerprint density at radius 2 is 1.79 bits per heavy atom. The van der Waals surface area contributed by atoms with E-state index in [9.17, 15) is 9.59 Å². The van der Waals surface area contributed by atoms with E-state index in [-0.39, 0.29) is 17.1 Å². The predicted molar refractivity (Wildman–Crippen MR) is 106 cm³/mol. The van der Waals surface area contributed by atoms with Gasteiger partial charge in [0.1, 0.15) is 11.3 Å². The Kier molecular flexibility index (Phi) is 4.65. The van der Waals surface area contributed by atoms with Crippen molar-refractivity contribution in [2.24, 2.45) is 0 Å². The normalized spacial score (nSPS) is 16.1. The topological polar surface area (TPSA) is 64.2 Å². The molecule has 0 saturated carbocycles. The smallest absolute Gasteiger partial charge is 0.291 e. The van der Waals surface area contributed by atoms with Crippen LogP contribution in [0.3, 0.4) is 0 Å². The van der Waals surface area contributed by atoms with Crippen LogP contribution in [-0.2, 0) is 0 Å². The van der Waals surface area contributed by atoms with E-state index in [4.69, 9.17) is 9.15 Å². The Labute approximate surface area is 162 Å². The highest BCUT2D eigenvalue weighted by Crippen LogP contribution is 2.38. The number of likely N-dealkylation sites (N-methyl/N-ethyl adjacent to an activating group) is 1. The quantitative estimate of drug-likeness (QED) is 0.730. The summed E-state index contributed by atoms with van der Waals surface area (Å²) in [6, 6.07) is 14.1. The van der Waals surface area contributed by atoms with Gasteiger partial charge in [-0.05, 0) is 29.8 Å². The molecule has 1 atom stereocenters. The molecule has 0 unspecified atom stereocenters. The van der Waals surface area contributed by atoms with E-state index in [0.717, 1.165) is 17.9 Å². The number of nitrogens with zero attached hydrogens (tertiary/aromatic N) is 1. The zero-order valence-electron chi connectivity index (χ0n) is 16.2. The third-order valence-electron chi connectivity index (χ3n) is 5.16. The summed E-state index contributed by atoms with van der Waals surface area (Å²) in [5, 5.41) is 0.493. The van der Waals surface area contributed by atoms with Crippen LogP contribution in [-0.4, -0.2) is 45.1 Å².